The molecule has 0 aromatic heterocycles. The molecule has 0 spiro atoms. The predicted molar refractivity (Wildman–Crippen MR) is 110 cm³/mol. The average molecular weight is 374 g/mol. The number of carbonyl (C=O) groups is 1. The maximum absolute atomic E-state index is 12.1. The molecule has 3 rings (SSSR count). The van der Waals surface area contributed by atoms with E-state index < -0.39 is 0 Å². The largest absolute Gasteiger partial charge is 0.497 e. The van der Waals surface area contributed by atoms with Crippen LogP contribution in [-0.2, 0) is 17.8 Å². The van der Waals surface area contributed by atoms with Crippen LogP contribution in [0.15, 0.2) is 84.0 Å². The lowest BCUT2D eigenvalue weighted by atomic mass is 10.1. The highest BCUT2D eigenvalue weighted by molar-refractivity contribution is 5.85. The van der Waals surface area contributed by atoms with Crippen LogP contribution in [0.3, 0.4) is 0 Å². The fraction of sp³-hybridized carbons (Fsp3) is 0.130. The molecule has 3 aromatic carbocycles. The summed E-state index contributed by atoms with van der Waals surface area (Å²) in [5.74, 6) is 1.28. The molecule has 5 nitrogen and oxygen atoms in total. The monoisotopic (exact) mass is 374 g/mol. The number of nitrogens with one attached hydrogen (secondary N) is 1. The van der Waals surface area contributed by atoms with E-state index in [4.69, 9.17) is 9.47 Å². The summed E-state index contributed by atoms with van der Waals surface area (Å²) in [6, 6.07) is 24.9. The van der Waals surface area contributed by atoms with Crippen molar-refractivity contribution in [2.24, 2.45) is 5.10 Å². The lowest BCUT2D eigenvalue weighted by molar-refractivity contribution is -0.120. The molecule has 142 valence electrons. The third kappa shape index (κ3) is 5.71. The molecule has 1 N–H and O–H groups in total. The Morgan fingerprint density at radius 1 is 0.929 bits per heavy atom. The lowest BCUT2D eigenvalue weighted by Crippen LogP contribution is -2.19. The summed E-state index contributed by atoms with van der Waals surface area (Å²) in [6.45, 7) is 0.468. The van der Waals surface area contributed by atoms with E-state index in [9.17, 15) is 4.79 Å². The first kappa shape index (κ1) is 19.2. The first-order valence-corrected chi connectivity index (χ1v) is 8.95. The second-order valence-electron chi connectivity index (χ2n) is 6.13. The molecule has 5 heteroatoms. The number of para-hydroxylation sites is 1. The Balaban J connectivity index is 1.55. The molecule has 0 atom stereocenters. The Labute approximate surface area is 164 Å². The van der Waals surface area contributed by atoms with E-state index in [1.165, 1.54) is 0 Å². The van der Waals surface area contributed by atoms with E-state index in [-0.39, 0.29) is 12.3 Å². The molecule has 3 aromatic rings. The normalized spacial score (nSPS) is 10.6. The van der Waals surface area contributed by atoms with Crippen molar-refractivity contribution in [3.8, 4) is 11.5 Å². The van der Waals surface area contributed by atoms with Gasteiger partial charge in [-0.15, -0.1) is 0 Å². The van der Waals surface area contributed by atoms with Crippen molar-refractivity contribution in [2.45, 2.75) is 13.0 Å². The van der Waals surface area contributed by atoms with Crippen LogP contribution in [0.1, 0.15) is 16.7 Å². The number of nitrogens with zero attached hydrogens (tertiary/aromatic N) is 1. The van der Waals surface area contributed by atoms with Crippen molar-refractivity contribution in [3.05, 3.63) is 95.6 Å². The zero-order valence-electron chi connectivity index (χ0n) is 15.7. The molecule has 0 aliphatic rings. The van der Waals surface area contributed by atoms with E-state index in [0.29, 0.717) is 12.4 Å². The second-order valence-corrected chi connectivity index (χ2v) is 6.13. The van der Waals surface area contributed by atoms with E-state index in [1.807, 2.05) is 78.9 Å². The number of amides is 1. The number of hydrogen-bond donors (Lipinski definition) is 1. The molecule has 0 aliphatic heterocycles. The SMILES string of the molecule is COc1ccc(CC(=O)NN=Cc2ccccc2OCc2ccccc2)cc1. The van der Waals surface area contributed by atoms with E-state index in [1.54, 1.807) is 13.3 Å². The smallest absolute Gasteiger partial charge is 0.244 e. The summed E-state index contributed by atoms with van der Waals surface area (Å²) in [5, 5.41) is 4.06. The summed E-state index contributed by atoms with van der Waals surface area (Å²) in [4.78, 5) is 12.1. The quantitative estimate of drug-likeness (QED) is 0.479. The number of benzene rings is 3. The molecule has 0 radical (unpaired) electrons. The van der Waals surface area contributed by atoms with Crippen molar-refractivity contribution in [3.63, 3.8) is 0 Å². The summed E-state index contributed by atoms with van der Waals surface area (Å²) < 4.78 is 11.0. The second kappa shape index (κ2) is 9.92. The van der Waals surface area contributed by atoms with Gasteiger partial charge in [-0.2, -0.15) is 5.10 Å². The molecule has 0 aliphatic carbocycles. The minimum absolute atomic E-state index is 0.191. The van der Waals surface area contributed by atoms with Gasteiger partial charge in [-0.25, -0.2) is 5.43 Å². The standard InChI is InChI=1S/C23H22N2O3/c1-27-21-13-11-18(12-14-21)15-23(26)25-24-16-20-9-5-6-10-22(20)28-17-19-7-3-2-4-8-19/h2-14,16H,15,17H2,1H3,(H,25,26). The minimum atomic E-state index is -0.191. The van der Waals surface area contributed by atoms with Gasteiger partial charge in [0.15, 0.2) is 0 Å². The first-order valence-electron chi connectivity index (χ1n) is 8.95. The first-order chi connectivity index (χ1) is 13.7. The Morgan fingerprint density at radius 2 is 1.64 bits per heavy atom. The number of rotatable bonds is 8. The molecule has 0 saturated heterocycles. The van der Waals surface area contributed by atoms with Gasteiger partial charge in [0, 0.05) is 5.56 Å². The average Bonchev–Trinajstić information content (AvgIpc) is 2.74. The third-order valence-corrected chi connectivity index (χ3v) is 4.07. The zero-order chi connectivity index (χ0) is 19.6. The molecule has 0 saturated carbocycles. The minimum Gasteiger partial charge on any atom is -0.497 e. The Kier molecular flexibility index (Phi) is 6.79. The summed E-state index contributed by atoms with van der Waals surface area (Å²) in [5.41, 5.74) is 5.32. The zero-order valence-corrected chi connectivity index (χ0v) is 15.7. The molecule has 0 heterocycles. The summed E-state index contributed by atoms with van der Waals surface area (Å²) in [6.07, 6.45) is 1.83. The van der Waals surface area contributed by atoms with Gasteiger partial charge in [0.1, 0.15) is 18.1 Å². The Bertz CT molecular complexity index is 922. The Hall–Kier alpha value is -3.60. The van der Waals surface area contributed by atoms with Crippen molar-refractivity contribution < 1.29 is 14.3 Å². The number of methoxy groups -OCH3 is 1. The highest BCUT2D eigenvalue weighted by Gasteiger charge is 2.04. The van der Waals surface area contributed by atoms with Gasteiger partial charge in [0.2, 0.25) is 5.91 Å². The van der Waals surface area contributed by atoms with Gasteiger partial charge in [0.05, 0.1) is 19.7 Å². The van der Waals surface area contributed by atoms with Crippen molar-refractivity contribution in [1.29, 1.82) is 0 Å². The fourth-order valence-electron chi connectivity index (χ4n) is 2.60. The van der Waals surface area contributed by atoms with Crippen LogP contribution < -0.4 is 14.9 Å². The molecule has 0 fully saturated rings. The fourth-order valence-corrected chi connectivity index (χ4v) is 2.60. The summed E-state index contributed by atoms with van der Waals surface area (Å²) >= 11 is 0. The third-order valence-electron chi connectivity index (χ3n) is 4.07. The Morgan fingerprint density at radius 3 is 2.39 bits per heavy atom. The van der Waals surface area contributed by atoms with Crippen molar-refractivity contribution in [1.82, 2.24) is 5.43 Å². The van der Waals surface area contributed by atoms with Gasteiger partial charge >= 0.3 is 0 Å². The van der Waals surface area contributed by atoms with E-state index in [2.05, 4.69) is 10.5 Å². The van der Waals surface area contributed by atoms with Gasteiger partial charge in [-0.1, -0.05) is 54.6 Å². The molecular weight excluding hydrogens is 352 g/mol. The van der Waals surface area contributed by atoms with E-state index >= 15 is 0 Å². The van der Waals surface area contributed by atoms with Crippen molar-refractivity contribution >= 4 is 12.1 Å². The van der Waals surface area contributed by atoms with Gasteiger partial charge in [0.25, 0.3) is 0 Å². The molecule has 1 amide bonds. The van der Waals surface area contributed by atoms with Crippen LogP contribution in [0, 0.1) is 0 Å². The van der Waals surface area contributed by atoms with Crippen LogP contribution in [-0.4, -0.2) is 19.2 Å². The number of hydrazone groups is 1. The number of carbonyl (C=O) groups excluding carboxylic acids is 1. The lowest BCUT2D eigenvalue weighted by Gasteiger charge is -2.09. The van der Waals surface area contributed by atoms with Crippen LogP contribution in [0.5, 0.6) is 11.5 Å². The van der Waals surface area contributed by atoms with Crippen LogP contribution in [0.2, 0.25) is 0 Å². The van der Waals surface area contributed by atoms with E-state index in [0.717, 1.165) is 22.4 Å². The van der Waals surface area contributed by atoms with Crippen LogP contribution >= 0.6 is 0 Å². The van der Waals surface area contributed by atoms with Gasteiger partial charge < -0.3 is 9.47 Å². The van der Waals surface area contributed by atoms with Gasteiger partial charge in [-0.3, -0.25) is 4.79 Å². The van der Waals surface area contributed by atoms with Crippen LogP contribution in [0.4, 0.5) is 0 Å². The number of ether oxygens (including phenoxy) is 2. The molecule has 28 heavy (non-hydrogen) atoms. The summed E-state index contributed by atoms with van der Waals surface area (Å²) in [7, 11) is 1.61. The molecular formula is C23H22N2O3. The molecule has 0 bridgehead atoms. The van der Waals surface area contributed by atoms with Crippen molar-refractivity contribution in [2.75, 3.05) is 7.11 Å². The maximum Gasteiger partial charge on any atom is 0.244 e. The molecule has 0 unspecified atom stereocenters. The predicted octanol–water partition coefficient (Wildman–Crippen LogP) is 3.97. The number of hydrogen-bond acceptors (Lipinski definition) is 4. The topological polar surface area (TPSA) is 59.9 Å². The van der Waals surface area contributed by atoms with Gasteiger partial charge in [-0.05, 0) is 35.4 Å². The highest BCUT2D eigenvalue weighted by Crippen LogP contribution is 2.17. The maximum atomic E-state index is 12.1. The highest BCUT2D eigenvalue weighted by atomic mass is 16.5. The van der Waals surface area contributed by atoms with Crippen LogP contribution in [0.25, 0.3) is 0 Å².